The van der Waals surface area contributed by atoms with Crippen molar-refractivity contribution in [3.8, 4) is 17.1 Å². The van der Waals surface area contributed by atoms with Gasteiger partial charge in [-0.15, -0.1) is 10.2 Å². The Morgan fingerprint density at radius 2 is 1.85 bits per heavy atom. The lowest BCUT2D eigenvalue weighted by molar-refractivity contribution is -0.128. The van der Waals surface area contributed by atoms with Gasteiger partial charge in [-0.3, -0.25) is 4.79 Å². The number of aryl methyl sites for hydroxylation is 1. The average molecular weight is 488 g/mol. The summed E-state index contributed by atoms with van der Waals surface area (Å²) in [6.07, 6.45) is 0. The maximum atomic E-state index is 13.3. The molecule has 1 atom stereocenters. The first-order chi connectivity index (χ1) is 16.5. The number of halogens is 1. The average Bonchev–Trinajstić information content (AvgIpc) is 3.00. The molecule has 0 aliphatic carbocycles. The third-order valence-electron chi connectivity index (χ3n) is 5.80. The van der Waals surface area contributed by atoms with E-state index in [4.69, 9.17) is 16.3 Å². The van der Waals surface area contributed by atoms with Gasteiger partial charge in [0.1, 0.15) is 0 Å². The van der Waals surface area contributed by atoms with Gasteiger partial charge in [-0.05, 0) is 36.8 Å². The summed E-state index contributed by atoms with van der Waals surface area (Å²) in [7, 11) is 0. The van der Waals surface area contributed by atoms with Gasteiger partial charge in [0.25, 0.3) is 11.6 Å². The van der Waals surface area contributed by atoms with Crippen molar-refractivity contribution in [3.05, 3.63) is 88.4 Å². The number of anilines is 2. The van der Waals surface area contributed by atoms with Crippen molar-refractivity contribution >= 4 is 40.6 Å². The molecule has 6 rings (SSSR count). The summed E-state index contributed by atoms with van der Waals surface area (Å²) in [6, 6.07) is 21.0. The molecule has 2 aliphatic heterocycles. The van der Waals surface area contributed by atoms with Crippen molar-refractivity contribution in [1.82, 2.24) is 15.2 Å². The molecule has 0 saturated heterocycles. The molecule has 4 aromatic rings. The summed E-state index contributed by atoms with van der Waals surface area (Å²) >= 11 is 7.74. The number of fused-ring (bicyclic) bond motifs is 5. The first-order valence-electron chi connectivity index (χ1n) is 10.6. The van der Waals surface area contributed by atoms with Crippen LogP contribution in [-0.2, 0) is 16.3 Å². The molecule has 1 spiro atoms. The number of thioether (sulfide) groups is 1. The normalized spacial score (nSPS) is 17.6. The van der Waals surface area contributed by atoms with E-state index in [9.17, 15) is 4.79 Å². The third-order valence-corrected chi connectivity index (χ3v) is 6.94. The predicted molar refractivity (Wildman–Crippen MR) is 132 cm³/mol. The Labute approximate surface area is 204 Å². The van der Waals surface area contributed by atoms with E-state index in [0.717, 1.165) is 11.1 Å². The van der Waals surface area contributed by atoms with E-state index in [1.165, 1.54) is 17.3 Å². The number of para-hydroxylation sites is 1. The summed E-state index contributed by atoms with van der Waals surface area (Å²) in [5.74, 6) is 0.543. The minimum Gasteiger partial charge on any atom is -0.435 e. The highest BCUT2D eigenvalue weighted by Gasteiger charge is 2.52. The zero-order chi connectivity index (χ0) is 23.3. The highest BCUT2D eigenvalue weighted by molar-refractivity contribution is 7.98. The van der Waals surface area contributed by atoms with Crippen LogP contribution in [0.4, 0.5) is 11.4 Å². The lowest BCUT2D eigenvalue weighted by Crippen LogP contribution is -2.47. The van der Waals surface area contributed by atoms with Crippen LogP contribution >= 0.6 is 23.4 Å². The summed E-state index contributed by atoms with van der Waals surface area (Å²) in [5.41, 5.74) is 3.90. The second-order valence-electron chi connectivity index (χ2n) is 8.12. The van der Waals surface area contributed by atoms with Crippen LogP contribution in [0.3, 0.4) is 0 Å². The van der Waals surface area contributed by atoms with Crippen molar-refractivity contribution in [3.63, 3.8) is 0 Å². The molecule has 3 heterocycles. The Morgan fingerprint density at radius 1 is 1.03 bits per heavy atom. The lowest BCUT2D eigenvalue weighted by Gasteiger charge is -2.28. The van der Waals surface area contributed by atoms with E-state index >= 15 is 0 Å². The molecule has 0 saturated carbocycles. The molecule has 1 aromatic heterocycles. The van der Waals surface area contributed by atoms with Crippen molar-refractivity contribution in [1.29, 1.82) is 0 Å². The van der Waals surface area contributed by atoms with Crippen LogP contribution in [0.25, 0.3) is 11.3 Å². The Morgan fingerprint density at radius 3 is 2.71 bits per heavy atom. The highest BCUT2D eigenvalue weighted by Crippen LogP contribution is 2.47. The van der Waals surface area contributed by atoms with Crippen LogP contribution in [0.5, 0.6) is 5.88 Å². The van der Waals surface area contributed by atoms with Crippen LogP contribution in [0.15, 0.2) is 71.9 Å². The summed E-state index contributed by atoms with van der Waals surface area (Å²) in [4.78, 5) is 18.0. The van der Waals surface area contributed by atoms with Crippen LogP contribution in [0.1, 0.15) is 16.7 Å². The van der Waals surface area contributed by atoms with E-state index in [1.807, 2.05) is 24.3 Å². The molecule has 7 nitrogen and oxygen atoms in total. The van der Waals surface area contributed by atoms with Crippen molar-refractivity contribution < 1.29 is 9.53 Å². The molecular formula is C25H18ClN5O2S. The molecule has 3 aromatic carbocycles. The number of carbonyl (C=O) groups is 1. The minimum atomic E-state index is -1.55. The van der Waals surface area contributed by atoms with Crippen LogP contribution in [0.2, 0.25) is 5.02 Å². The van der Waals surface area contributed by atoms with Gasteiger partial charge in [-0.1, -0.05) is 71.4 Å². The first kappa shape index (κ1) is 20.9. The maximum Gasteiger partial charge on any atom is 0.295 e. The van der Waals surface area contributed by atoms with Crippen LogP contribution < -0.4 is 15.4 Å². The second-order valence-corrected chi connectivity index (χ2v) is 9.50. The first-order valence-corrected chi connectivity index (χ1v) is 12.0. The summed E-state index contributed by atoms with van der Waals surface area (Å²) < 4.78 is 6.38. The molecule has 168 valence electrons. The second kappa shape index (κ2) is 8.00. The fourth-order valence-corrected chi connectivity index (χ4v) is 4.97. The Hall–Kier alpha value is -3.62. The number of nitrogens with one attached hydrogen (secondary N) is 2. The standard InChI is InChI=1S/C25H18ClN5O2S/c1-14-6-8-15(9-7-14)13-34-24-28-22-21(30-31-24)17-4-2-3-5-19(17)29-25(33-22)18-12-16(26)10-11-20(18)27-23(25)32/h2-12,29H,13H2,1H3,(H,27,32). The van der Waals surface area contributed by atoms with Gasteiger partial charge in [0.15, 0.2) is 5.69 Å². The monoisotopic (exact) mass is 487 g/mol. The molecule has 0 bridgehead atoms. The van der Waals surface area contributed by atoms with Gasteiger partial charge in [0.2, 0.25) is 11.0 Å². The number of ether oxygens (including phenoxy) is 1. The van der Waals surface area contributed by atoms with Gasteiger partial charge in [0, 0.05) is 22.0 Å². The number of hydrogen-bond donors (Lipinski definition) is 2. The quantitative estimate of drug-likeness (QED) is 0.374. The van der Waals surface area contributed by atoms with Gasteiger partial charge in [0.05, 0.1) is 11.3 Å². The van der Waals surface area contributed by atoms with Crippen LogP contribution in [0, 0.1) is 6.92 Å². The fourth-order valence-electron chi connectivity index (χ4n) is 4.06. The van der Waals surface area contributed by atoms with E-state index < -0.39 is 5.72 Å². The Kier molecular flexibility index (Phi) is 4.93. The number of nitrogens with zero attached hydrogens (tertiary/aromatic N) is 3. The topological polar surface area (TPSA) is 89.0 Å². The minimum absolute atomic E-state index is 0.224. The van der Waals surface area contributed by atoms with E-state index in [1.54, 1.807) is 18.2 Å². The van der Waals surface area contributed by atoms with Crippen molar-refractivity contribution in [2.24, 2.45) is 0 Å². The molecule has 2 aliphatic rings. The Balaban J connectivity index is 1.44. The largest absolute Gasteiger partial charge is 0.435 e. The van der Waals surface area contributed by atoms with Gasteiger partial charge >= 0.3 is 0 Å². The Bertz CT molecular complexity index is 1450. The molecule has 9 heteroatoms. The maximum absolute atomic E-state index is 13.3. The van der Waals surface area contributed by atoms with Gasteiger partial charge in [-0.25, -0.2) is 0 Å². The number of carbonyl (C=O) groups excluding carboxylic acids is 1. The molecule has 0 fully saturated rings. The zero-order valence-electron chi connectivity index (χ0n) is 18.0. The number of rotatable bonds is 3. The molecule has 1 unspecified atom stereocenters. The SMILES string of the molecule is Cc1ccc(CSc2nnc3c(n2)OC2(Nc4ccccc4-3)C(=O)Nc3ccc(Cl)cc32)cc1. The predicted octanol–water partition coefficient (Wildman–Crippen LogP) is 5.40. The number of amides is 1. The fraction of sp³-hybridized carbons (Fsp3) is 0.120. The van der Waals surface area contributed by atoms with E-state index in [0.29, 0.717) is 38.6 Å². The summed E-state index contributed by atoms with van der Waals surface area (Å²) in [5, 5.41) is 15.9. The molecule has 0 radical (unpaired) electrons. The molecule has 1 amide bonds. The van der Waals surface area contributed by atoms with Gasteiger partial charge < -0.3 is 15.4 Å². The third kappa shape index (κ3) is 3.46. The molecule has 2 N–H and O–H groups in total. The molecule has 34 heavy (non-hydrogen) atoms. The zero-order valence-corrected chi connectivity index (χ0v) is 19.6. The smallest absolute Gasteiger partial charge is 0.295 e. The van der Waals surface area contributed by atoms with Crippen LogP contribution in [-0.4, -0.2) is 21.1 Å². The van der Waals surface area contributed by atoms with Gasteiger partial charge in [-0.2, -0.15) is 4.98 Å². The van der Waals surface area contributed by atoms with E-state index in [-0.39, 0.29) is 11.8 Å². The van der Waals surface area contributed by atoms with Crippen molar-refractivity contribution in [2.75, 3.05) is 10.6 Å². The lowest BCUT2D eigenvalue weighted by atomic mass is 10.0. The number of benzene rings is 3. The highest BCUT2D eigenvalue weighted by atomic mass is 35.5. The van der Waals surface area contributed by atoms with Crippen molar-refractivity contribution in [2.45, 2.75) is 23.6 Å². The molecular weight excluding hydrogens is 470 g/mol. The number of aromatic nitrogens is 3. The summed E-state index contributed by atoms with van der Waals surface area (Å²) in [6.45, 7) is 2.06. The van der Waals surface area contributed by atoms with E-state index in [2.05, 4.69) is 57.0 Å². The number of hydrogen-bond acceptors (Lipinski definition) is 7.